The standard InChI is InChI=1S/C17H17ClF3N3O/c1-11(24-9-6-14(23-24)17(19,20)21)15(25)22-16(7-3-8-16)12-4-2-5-13(18)10-12/h2,4-6,9-11H,3,7-8H2,1H3,(H,22,25). The van der Waals surface area contributed by atoms with Gasteiger partial charge < -0.3 is 5.32 Å². The Hall–Kier alpha value is -2.02. The Kier molecular flexibility index (Phi) is 4.53. The van der Waals surface area contributed by atoms with E-state index in [1.54, 1.807) is 12.1 Å². The molecule has 1 aliphatic carbocycles. The maximum absolute atomic E-state index is 12.7. The molecular formula is C17H17ClF3N3O. The molecule has 0 spiro atoms. The van der Waals surface area contributed by atoms with Gasteiger partial charge in [-0.3, -0.25) is 9.48 Å². The first-order valence-corrected chi connectivity index (χ1v) is 8.29. The lowest BCUT2D eigenvalue weighted by Crippen LogP contribution is -2.52. The number of carbonyl (C=O) groups excluding carboxylic acids is 1. The molecule has 0 aliphatic heterocycles. The molecule has 1 aliphatic rings. The molecule has 2 aromatic rings. The number of benzene rings is 1. The molecule has 1 aromatic carbocycles. The van der Waals surface area contributed by atoms with E-state index in [2.05, 4.69) is 10.4 Å². The Morgan fingerprint density at radius 2 is 2.08 bits per heavy atom. The van der Waals surface area contributed by atoms with E-state index in [-0.39, 0.29) is 5.91 Å². The van der Waals surface area contributed by atoms with Gasteiger partial charge in [-0.05, 0) is 49.9 Å². The SMILES string of the molecule is CC(C(=O)NC1(c2cccc(Cl)c2)CCC1)n1ccc(C(F)(F)F)n1. The van der Waals surface area contributed by atoms with Gasteiger partial charge in [-0.15, -0.1) is 0 Å². The smallest absolute Gasteiger partial charge is 0.345 e. The van der Waals surface area contributed by atoms with Crippen LogP contribution < -0.4 is 5.32 Å². The van der Waals surface area contributed by atoms with Crippen molar-refractivity contribution in [1.82, 2.24) is 15.1 Å². The molecule has 1 N–H and O–H groups in total. The largest absolute Gasteiger partial charge is 0.435 e. The van der Waals surface area contributed by atoms with Crippen LogP contribution in [0.4, 0.5) is 13.2 Å². The first-order valence-electron chi connectivity index (χ1n) is 7.92. The van der Waals surface area contributed by atoms with Gasteiger partial charge in [0, 0.05) is 11.2 Å². The predicted octanol–water partition coefficient (Wildman–Crippen LogP) is 4.31. The fourth-order valence-electron chi connectivity index (χ4n) is 2.97. The number of rotatable bonds is 4. The van der Waals surface area contributed by atoms with Crippen molar-refractivity contribution in [2.45, 2.75) is 43.9 Å². The molecule has 0 bridgehead atoms. The van der Waals surface area contributed by atoms with Gasteiger partial charge >= 0.3 is 6.18 Å². The second-order valence-electron chi connectivity index (χ2n) is 6.29. The van der Waals surface area contributed by atoms with Gasteiger partial charge in [0.2, 0.25) is 5.91 Å². The molecule has 1 unspecified atom stereocenters. The zero-order valence-electron chi connectivity index (χ0n) is 13.5. The first-order chi connectivity index (χ1) is 11.7. The highest BCUT2D eigenvalue weighted by Crippen LogP contribution is 2.42. The van der Waals surface area contributed by atoms with Crippen LogP contribution in [-0.2, 0) is 16.5 Å². The highest BCUT2D eigenvalue weighted by molar-refractivity contribution is 6.30. The van der Waals surface area contributed by atoms with E-state index in [1.165, 1.54) is 13.1 Å². The van der Waals surface area contributed by atoms with Gasteiger partial charge in [0.25, 0.3) is 0 Å². The summed E-state index contributed by atoms with van der Waals surface area (Å²) in [7, 11) is 0. The predicted molar refractivity (Wildman–Crippen MR) is 87.1 cm³/mol. The third-order valence-corrected chi connectivity index (χ3v) is 4.86. The third-order valence-electron chi connectivity index (χ3n) is 4.62. The number of alkyl halides is 3. The number of nitrogens with one attached hydrogen (secondary N) is 1. The van der Waals surface area contributed by atoms with Crippen molar-refractivity contribution in [1.29, 1.82) is 0 Å². The van der Waals surface area contributed by atoms with Crippen molar-refractivity contribution < 1.29 is 18.0 Å². The summed E-state index contributed by atoms with van der Waals surface area (Å²) in [6.07, 6.45) is -0.879. The highest BCUT2D eigenvalue weighted by atomic mass is 35.5. The van der Waals surface area contributed by atoms with E-state index in [4.69, 9.17) is 11.6 Å². The number of hydrogen-bond acceptors (Lipinski definition) is 2. The molecule has 4 nitrogen and oxygen atoms in total. The summed E-state index contributed by atoms with van der Waals surface area (Å²) in [4.78, 5) is 12.6. The molecule has 3 rings (SSSR count). The van der Waals surface area contributed by atoms with Crippen LogP contribution in [0.2, 0.25) is 5.02 Å². The Morgan fingerprint density at radius 3 is 2.60 bits per heavy atom. The van der Waals surface area contributed by atoms with Gasteiger partial charge in [0.1, 0.15) is 6.04 Å². The molecule has 134 valence electrons. The zero-order valence-corrected chi connectivity index (χ0v) is 14.2. The van der Waals surface area contributed by atoms with Crippen LogP contribution >= 0.6 is 11.6 Å². The van der Waals surface area contributed by atoms with E-state index in [0.29, 0.717) is 5.02 Å². The molecule has 1 saturated carbocycles. The summed E-state index contributed by atoms with van der Waals surface area (Å²) < 4.78 is 39.0. The van der Waals surface area contributed by atoms with Crippen LogP contribution in [0.25, 0.3) is 0 Å². The normalized spacial score (nSPS) is 17.6. The summed E-state index contributed by atoms with van der Waals surface area (Å²) in [5.41, 5.74) is -0.625. The minimum absolute atomic E-state index is 0.378. The number of halogens is 4. The van der Waals surface area contributed by atoms with Gasteiger partial charge in [0.05, 0.1) is 5.54 Å². The molecule has 1 aromatic heterocycles. The minimum atomic E-state index is -4.53. The summed E-state index contributed by atoms with van der Waals surface area (Å²) >= 11 is 6.04. The van der Waals surface area contributed by atoms with Gasteiger partial charge in [0.15, 0.2) is 5.69 Å². The van der Waals surface area contributed by atoms with Crippen molar-refractivity contribution >= 4 is 17.5 Å². The van der Waals surface area contributed by atoms with Crippen LogP contribution in [-0.4, -0.2) is 15.7 Å². The Morgan fingerprint density at radius 1 is 1.36 bits per heavy atom. The summed E-state index contributed by atoms with van der Waals surface area (Å²) in [5, 5.41) is 7.03. The molecule has 1 atom stereocenters. The fraction of sp³-hybridized carbons (Fsp3) is 0.412. The average Bonchev–Trinajstić information content (AvgIpc) is 3.00. The van der Waals surface area contributed by atoms with Crippen molar-refractivity contribution in [2.24, 2.45) is 0 Å². The maximum atomic E-state index is 12.7. The fourth-order valence-corrected chi connectivity index (χ4v) is 3.16. The van der Waals surface area contributed by atoms with E-state index in [9.17, 15) is 18.0 Å². The number of hydrogen-bond donors (Lipinski definition) is 1. The van der Waals surface area contributed by atoms with Crippen LogP contribution in [0.1, 0.15) is 43.5 Å². The van der Waals surface area contributed by atoms with Gasteiger partial charge in [-0.1, -0.05) is 23.7 Å². The van der Waals surface area contributed by atoms with Crippen LogP contribution in [0, 0.1) is 0 Å². The van der Waals surface area contributed by atoms with Crippen molar-refractivity contribution in [3.05, 3.63) is 52.8 Å². The monoisotopic (exact) mass is 371 g/mol. The number of carbonyl (C=O) groups is 1. The number of amides is 1. The Labute approximate surface area is 148 Å². The third kappa shape index (κ3) is 3.51. The highest BCUT2D eigenvalue weighted by Gasteiger charge is 2.41. The summed E-state index contributed by atoms with van der Waals surface area (Å²) in [6.45, 7) is 1.52. The van der Waals surface area contributed by atoms with Crippen molar-refractivity contribution in [3.8, 4) is 0 Å². The summed E-state index contributed by atoms with van der Waals surface area (Å²) in [5.74, 6) is -0.378. The summed E-state index contributed by atoms with van der Waals surface area (Å²) in [6, 6.07) is 7.28. The van der Waals surface area contributed by atoms with E-state index in [1.807, 2.05) is 12.1 Å². The Balaban J connectivity index is 1.77. The number of nitrogens with zero attached hydrogens (tertiary/aromatic N) is 2. The average molecular weight is 372 g/mol. The van der Waals surface area contributed by atoms with Crippen LogP contribution in [0.3, 0.4) is 0 Å². The lowest BCUT2D eigenvalue weighted by atomic mass is 9.71. The molecule has 25 heavy (non-hydrogen) atoms. The van der Waals surface area contributed by atoms with Crippen molar-refractivity contribution in [2.75, 3.05) is 0 Å². The Bertz CT molecular complexity index is 783. The van der Waals surface area contributed by atoms with Gasteiger partial charge in [-0.25, -0.2) is 0 Å². The molecule has 0 radical (unpaired) electrons. The molecule has 1 fully saturated rings. The minimum Gasteiger partial charge on any atom is -0.345 e. The van der Waals surface area contributed by atoms with E-state index < -0.39 is 23.5 Å². The molecular weight excluding hydrogens is 355 g/mol. The topological polar surface area (TPSA) is 46.9 Å². The number of aromatic nitrogens is 2. The van der Waals surface area contributed by atoms with E-state index in [0.717, 1.165) is 35.6 Å². The second-order valence-corrected chi connectivity index (χ2v) is 6.73. The van der Waals surface area contributed by atoms with Crippen molar-refractivity contribution in [3.63, 3.8) is 0 Å². The lowest BCUT2D eigenvalue weighted by molar-refractivity contribution is -0.142. The molecule has 1 heterocycles. The molecule has 1 amide bonds. The quantitative estimate of drug-likeness (QED) is 0.870. The first kappa shape index (κ1) is 17.8. The van der Waals surface area contributed by atoms with Crippen LogP contribution in [0.5, 0.6) is 0 Å². The second kappa shape index (κ2) is 6.37. The van der Waals surface area contributed by atoms with E-state index >= 15 is 0 Å². The molecule has 0 saturated heterocycles. The maximum Gasteiger partial charge on any atom is 0.435 e. The lowest BCUT2D eigenvalue weighted by Gasteiger charge is -2.43. The van der Waals surface area contributed by atoms with Crippen LogP contribution in [0.15, 0.2) is 36.5 Å². The van der Waals surface area contributed by atoms with Gasteiger partial charge in [-0.2, -0.15) is 18.3 Å². The zero-order chi connectivity index (χ0) is 18.2. The molecule has 8 heteroatoms.